The molecule has 1 aliphatic rings. The fraction of sp³-hybridized carbons (Fsp3) is 0.562. The van der Waals surface area contributed by atoms with Crippen LogP contribution in [0.5, 0.6) is 0 Å². The molecule has 22 heavy (non-hydrogen) atoms. The molecule has 0 saturated carbocycles. The van der Waals surface area contributed by atoms with E-state index < -0.39 is 0 Å². The Morgan fingerprint density at radius 3 is 2.32 bits per heavy atom. The third-order valence-corrected chi connectivity index (χ3v) is 4.43. The zero-order valence-corrected chi connectivity index (χ0v) is 14.6. The molecule has 2 rings (SSSR count). The van der Waals surface area contributed by atoms with E-state index in [1.54, 1.807) is 0 Å². The largest absolute Gasteiger partial charge is 0.366 e. The predicted octanol–water partition coefficient (Wildman–Crippen LogP) is 3.87. The van der Waals surface area contributed by atoms with Gasteiger partial charge in [0.05, 0.1) is 15.7 Å². The molecule has 1 aliphatic heterocycles. The first-order valence-electron chi connectivity index (χ1n) is 7.70. The van der Waals surface area contributed by atoms with Gasteiger partial charge in [0.2, 0.25) is 0 Å². The normalized spacial score (nSPS) is 15.3. The first-order chi connectivity index (χ1) is 10.5. The van der Waals surface area contributed by atoms with Crippen LogP contribution >= 0.6 is 23.2 Å². The minimum Gasteiger partial charge on any atom is -0.366 e. The first-order valence-corrected chi connectivity index (χ1v) is 8.46. The fourth-order valence-corrected chi connectivity index (χ4v) is 3.14. The summed E-state index contributed by atoms with van der Waals surface area (Å²) in [4.78, 5) is 16.1. The molecule has 1 aromatic rings. The summed E-state index contributed by atoms with van der Waals surface area (Å²) >= 11 is 12.5. The molecule has 0 unspecified atom stereocenters. The van der Waals surface area contributed by atoms with Crippen LogP contribution in [0.4, 0.5) is 10.5 Å². The third-order valence-electron chi connectivity index (χ3n) is 3.82. The summed E-state index contributed by atoms with van der Waals surface area (Å²) in [6, 6.07) is 5.54. The Kier molecular flexibility index (Phi) is 6.21. The van der Waals surface area contributed by atoms with E-state index >= 15 is 0 Å². The second-order valence-electron chi connectivity index (χ2n) is 5.96. The highest BCUT2D eigenvalue weighted by molar-refractivity contribution is 6.39. The number of rotatable bonds is 4. The average Bonchev–Trinajstić information content (AvgIpc) is 2.47. The Labute approximate surface area is 142 Å². The van der Waals surface area contributed by atoms with Crippen LogP contribution < -0.4 is 10.2 Å². The quantitative estimate of drug-likeness (QED) is 0.900. The van der Waals surface area contributed by atoms with E-state index in [1.807, 2.05) is 23.1 Å². The van der Waals surface area contributed by atoms with E-state index in [0.717, 1.165) is 31.7 Å². The number of benzene rings is 1. The van der Waals surface area contributed by atoms with Gasteiger partial charge in [0.1, 0.15) is 0 Å². The van der Waals surface area contributed by atoms with Gasteiger partial charge >= 0.3 is 6.03 Å². The molecular weight excluding hydrogens is 321 g/mol. The van der Waals surface area contributed by atoms with Crippen molar-refractivity contribution in [2.75, 3.05) is 37.6 Å². The molecule has 122 valence electrons. The maximum atomic E-state index is 12.1. The van der Waals surface area contributed by atoms with Gasteiger partial charge in [-0.25, -0.2) is 4.79 Å². The number of urea groups is 1. The summed E-state index contributed by atoms with van der Waals surface area (Å²) in [6.45, 7) is 7.86. The van der Waals surface area contributed by atoms with Crippen LogP contribution in [0, 0.1) is 5.92 Å². The lowest BCUT2D eigenvalue weighted by Crippen LogP contribution is -2.52. The zero-order valence-electron chi connectivity index (χ0n) is 13.1. The van der Waals surface area contributed by atoms with Crippen LogP contribution in [0.1, 0.15) is 20.3 Å². The van der Waals surface area contributed by atoms with Crippen molar-refractivity contribution < 1.29 is 4.79 Å². The molecule has 2 amide bonds. The van der Waals surface area contributed by atoms with Gasteiger partial charge in [0.15, 0.2) is 0 Å². The number of amides is 2. The van der Waals surface area contributed by atoms with Gasteiger partial charge in [-0.15, -0.1) is 0 Å². The molecule has 1 heterocycles. The van der Waals surface area contributed by atoms with Crippen molar-refractivity contribution in [1.82, 2.24) is 10.2 Å². The van der Waals surface area contributed by atoms with Crippen LogP contribution in [-0.2, 0) is 0 Å². The van der Waals surface area contributed by atoms with Crippen molar-refractivity contribution in [2.24, 2.45) is 5.92 Å². The van der Waals surface area contributed by atoms with Crippen LogP contribution in [0.2, 0.25) is 10.0 Å². The Hall–Kier alpha value is -1.13. The average molecular weight is 344 g/mol. The van der Waals surface area contributed by atoms with Gasteiger partial charge in [-0.3, -0.25) is 0 Å². The molecule has 0 atom stereocenters. The molecule has 1 fully saturated rings. The number of hydrogen-bond acceptors (Lipinski definition) is 2. The SMILES string of the molecule is CC(C)CCNC(=O)N1CCN(c2c(Cl)cccc2Cl)CC1. The van der Waals surface area contributed by atoms with E-state index in [2.05, 4.69) is 24.1 Å². The minimum absolute atomic E-state index is 0.0190. The maximum absolute atomic E-state index is 12.1. The monoisotopic (exact) mass is 343 g/mol. The molecule has 0 aliphatic carbocycles. The molecule has 0 spiro atoms. The maximum Gasteiger partial charge on any atom is 0.317 e. The van der Waals surface area contributed by atoms with E-state index in [0.29, 0.717) is 29.1 Å². The summed E-state index contributed by atoms with van der Waals surface area (Å²) in [6.07, 6.45) is 1.00. The number of para-hydroxylation sites is 1. The molecule has 0 radical (unpaired) electrons. The van der Waals surface area contributed by atoms with Crippen molar-refractivity contribution in [2.45, 2.75) is 20.3 Å². The van der Waals surface area contributed by atoms with Crippen molar-refractivity contribution in [1.29, 1.82) is 0 Å². The van der Waals surface area contributed by atoms with Gasteiger partial charge in [0.25, 0.3) is 0 Å². The highest BCUT2D eigenvalue weighted by Crippen LogP contribution is 2.33. The van der Waals surface area contributed by atoms with Gasteiger partial charge < -0.3 is 15.1 Å². The summed E-state index contributed by atoms with van der Waals surface area (Å²) in [7, 11) is 0. The number of hydrogen-bond donors (Lipinski definition) is 1. The van der Waals surface area contributed by atoms with Gasteiger partial charge in [0, 0.05) is 32.7 Å². The van der Waals surface area contributed by atoms with E-state index in [9.17, 15) is 4.79 Å². The van der Waals surface area contributed by atoms with Crippen molar-refractivity contribution in [3.63, 3.8) is 0 Å². The number of anilines is 1. The van der Waals surface area contributed by atoms with Crippen LogP contribution in [0.25, 0.3) is 0 Å². The number of halogens is 2. The second kappa shape index (κ2) is 7.93. The molecule has 6 heteroatoms. The van der Waals surface area contributed by atoms with E-state index in [4.69, 9.17) is 23.2 Å². The van der Waals surface area contributed by atoms with E-state index in [-0.39, 0.29) is 6.03 Å². The molecule has 1 N–H and O–H groups in total. The van der Waals surface area contributed by atoms with E-state index in [1.165, 1.54) is 0 Å². The Bertz CT molecular complexity index is 494. The van der Waals surface area contributed by atoms with Gasteiger partial charge in [-0.05, 0) is 24.5 Å². The topological polar surface area (TPSA) is 35.6 Å². The molecule has 4 nitrogen and oxygen atoms in total. The number of nitrogens with one attached hydrogen (secondary N) is 1. The number of carbonyl (C=O) groups is 1. The van der Waals surface area contributed by atoms with Crippen molar-refractivity contribution >= 4 is 34.9 Å². The lowest BCUT2D eigenvalue weighted by atomic mass is 10.1. The molecular formula is C16H23Cl2N3O. The smallest absolute Gasteiger partial charge is 0.317 e. The van der Waals surface area contributed by atoms with Crippen molar-refractivity contribution in [3.8, 4) is 0 Å². The summed E-state index contributed by atoms with van der Waals surface area (Å²) in [5.41, 5.74) is 0.866. The summed E-state index contributed by atoms with van der Waals surface area (Å²) in [5.74, 6) is 0.597. The van der Waals surface area contributed by atoms with Crippen LogP contribution in [0.3, 0.4) is 0 Å². The third kappa shape index (κ3) is 4.43. The summed E-state index contributed by atoms with van der Waals surface area (Å²) in [5, 5.41) is 4.29. The fourth-order valence-electron chi connectivity index (χ4n) is 2.50. The number of nitrogens with zero attached hydrogens (tertiary/aromatic N) is 2. The Morgan fingerprint density at radius 2 is 1.77 bits per heavy atom. The lowest BCUT2D eigenvalue weighted by molar-refractivity contribution is 0.194. The highest BCUT2D eigenvalue weighted by Gasteiger charge is 2.23. The van der Waals surface area contributed by atoms with Gasteiger partial charge in [-0.1, -0.05) is 43.1 Å². The Balaban J connectivity index is 1.86. The lowest BCUT2D eigenvalue weighted by Gasteiger charge is -2.36. The zero-order chi connectivity index (χ0) is 16.1. The molecule has 0 bridgehead atoms. The summed E-state index contributed by atoms with van der Waals surface area (Å²) < 4.78 is 0. The first kappa shape index (κ1) is 17.2. The standard InChI is InChI=1S/C16H23Cl2N3O/c1-12(2)6-7-19-16(22)21-10-8-20(9-11-21)15-13(17)4-3-5-14(15)18/h3-5,12H,6-11H2,1-2H3,(H,19,22). The minimum atomic E-state index is 0.0190. The predicted molar refractivity (Wildman–Crippen MR) is 93.1 cm³/mol. The molecule has 0 aromatic heterocycles. The second-order valence-corrected chi connectivity index (χ2v) is 6.77. The van der Waals surface area contributed by atoms with Crippen LogP contribution in [-0.4, -0.2) is 43.7 Å². The van der Waals surface area contributed by atoms with Gasteiger partial charge in [-0.2, -0.15) is 0 Å². The number of piperazine rings is 1. The molecule has 1 saturated heterocycles. The Morgan fingerprint density at radius 1 is 1.18 bits per heavy atom. The number of carbonyl (C=O) groups excluding carboxylic acids is 1. The molecule has 1 aromatic carbocycles. The highest BCUT2D eigenvalue weighted by atomic mass is 35.5. The van der Waals surface area contributed by atoms with Crippen LogP contribution in [0.15, 0.2) is 18.2 Å². The van der Waals surface area contributed by atoms with Crippen molar-refractivity contribution in [3.05, 3.63) is 28.2 Å².